The van der Waals surface area contributed by atoms with Gasteiger partial charge in [0.2, 0.25) is 5.91 Å². The molecule has 2 aliphatic rings. The Morgan fingerprint density at radius 2 is 1.85 bits per heavy atom. The summed E-state index contributed by atoms with van der Waals surface area (Å²) in [6.07, 6.45) is 0.600. The minimum Gasteiger partial charge on any atom is -0.486 e. The van der Waals surface area contributed by atoms with Crippen LogP contribution in [0.15, 0.2) is 47.4 Å². The van der Waals surface area contributed by atoms with E-state index in [1.165, 1.54) is 18.2 Å². The minimum absolute atomic E-state index is 0.0100. The van der Waals surface area contributed by atoms with E-state index in [1.807, 2.05) is 12.1 Å². The molecule has 1 N–H and O–H groups in total. The molecule has 136 valence electrons. The molecule has 2 aromatic carbocycles. The highest BCUT2D eigenvalue weighted by atomic mass is 35.5. The number of hydrogen-bond acceptors (Lipinski definition) is 5. The van der Waals surface area contributed by atoms with Gasteiger partial charge in [-0.2, -0.15) is 0 Å². The number of halogens is 1. The number of carbonyl (C=O) groups is 1. The maximum atomic E-state index is 12.5. The number of carbonyl (C=O) groups excluding carboxylic acids is 1. The molecule has 0 saturated heterocycles. The first-order valence-corrected chi connectivity index (χ1v) is 10.0. The molecule has 26 heavy (non-hydrogen) atoms. The largest absolute Gasteiger partial charge is 0.486 e. The summed E-state index contributed by atoms with van der Waals surface area (Å²) in [5.74, 6) is -0.0472. The SMILES string of the molecule is O=C(NS(=O)(=O)c1ccc2c(c1)OCCO2)[C@H]1C[C@H]1c1cccc(Cl)c1. The lowest BCUT2D eigenvalue weighted by atomic mass is 10.1. The van der Waals surface area contributed by atoms with Gasteiger partial charge in [-0.1, -0.05) is 23.7 Å². The van der Waals surface area contributed by atoms with Crippen molar-refractivity contribution >= 4 is 27.5 Å². The van der Waals surface area contributed by atoms with Gasteiger partial charge in [0.25, 0.3) is 10.0 Å². The Morgan fingerprint density at radius 3 is 2.62 bits per heavy atom. The molecule has 6 nitrogen and oxygen atoms in total. The molecular formula is C18H16ClNO5S. The van der Waals surface area contributed by atoms with Crippen molar-refractivity contribution in [2.24, 2.45) is 5.92 Å². The first kappa shape index (κ1) is 17.2. The predicted octanol–water partition coefficient (Wildman–Crippen LogP) is 2.72. The topological polar surface area (TPSA) is 81.7 Å². The minimum atomic E-state index is -3.97. The molecule has 2 aromatic rings. The van der Waals surface area contributed by atoms with Crippen molar-refractivity contribution in [2.75, 3.05) is 13.2 Å². The van der Waals surface area contributed by atoms with E-state index < -0.39 is 15.9 Å². The predicted molar refractivity (Wildman–Crippen MR) is 95.1 cm³/mol. The van der Waals surface area contributed by atoms with Crippen molar-refractivity contribution in [3.05, 3.63) is 53.1 Å². The Labute approximate surface area is 156 Å². The second-order valence-corrected chi connectivity index (χ2v) is 8.40. The summed E-state index contributed by atoms with van der Waals surface area (Å²) in [7, 11) is -3.97. The summed E-state index contributed by atoms with van der Waals surface area (Å²) in [6, 6.07) is 11.6. The number of hydrogen-bond donors (Lipinski definition) is 1. The van der Waals surface area contributed by atoms with E-state index in [-0.39, 0.29) is 16.7 Å². The molecule has 1 amide bonds. The Hall–Kier alpha value is -2.25. The van der Waals surface area contributed by atoms with Crippen LogP contribution < -0.4 is 14.2 Å². The highest BCUT2D eigenvalue weighted by Gasteiger charge is 2.45. The summed E-state index contributed by atoms with van der Waals surface area (Å²) < 4.78 is 37.9. The fourth-order valence-electron chi connectivity index (χ4n) is 3.05. The normalized spacial score (nSPS) is 21.1. The average Bonchev–Trinajstić information content (AvgIpc) is 3.42. The third-order valence-electron chi connectivity index (χ3n) is 4.46. The number of nitrogens with one attached hydrogen (secondary N) is 1. The maximum absolute atomic E-state index is 12.5. The second kappa shape index (κ2) is 6.48. The van der Waals surface area contributed by atoms with Crippen LogP contribution >= 0.6 is 11.6 Å². The molecule has 1 aliphatic heterocycles. The quantitative estimate of drug-likeness (QED) is 0.863. The zero-order valence-electron chi connectivity index (χ0n) is 13.6. The van der Waals surface area contributed by atoms with Gasteiger partial charge in [0.15, 0.2) is 11.5 Å². The van der Waals surface area contributed by atoms with Crippen molar-refractivity contribution in [1.82, 2.24) is 4.72 Å². The van der Waals surface area contributed by atoms with E-state index in [4.69, 9.17) is 21.1 Å². The van der Waals surface area contributed by atoms with E-state index in [0.717, 1.165) is 5.56 Å². The monoisotopic (exact) mass is 393 g/mol. The molecule has 0 aromatic heterocycles. The van der Waals surface area contributed by atoms with E-state index in [0.29, 0.717) is 36.2 Å². The molecular weight excluding hydrogens is 378 g/mol. The van der Waals surface area contributed by atoms with E-state index >= 15 is 0 Å². The molecule has 0 spiro atoms. The van der Waals surface area contributed by atoms with E-state index in [1.54, 1.807) is 12.1 Å². The van der Waals surface area contributed by atoms with Crippen molar-refractivity contribution in [1.29, 1.82) is 0 Å². The summed E-state index contributed by atoms with van der Waals surface area (Å²) in [5, 5.41) is 0.595. The number of sulfonamides is 1. The van der Waals surface area contributed by atoms with E-state index in [9.17, 15) is 13.2 Å². The average molecular weight is 394 g/mol. The van der Waals surface area contributed by atoms with Gasteiger partial charge < -0.3 is 9.47 Å². The molecule has 8 heteroatoms. The lowest BCUT2D eigenvalue weighted by Gasteiger charge is -2.18. The molecule has 0 radical (unpaired) electrons. The molecule has 1 aliphatic carbocycles. The van der Waals surface area contributed by atoms with Crippen LogP contribution in [0.1, 0.15) is 17.9 Å². The lowest BCUT2D eigenvalue weighted by molar-refractivity contribution is -0.120. The first-order chi connectivity index (χ1) is 12.4. The number of fused-ring (bicyclic) bond motifs is 1. The van der Waals surface area contributed by atoms with Crippen molar-refractivity contribution in [3.63, 3.8) is 0 Å². The summed E-state index contributed by atoms with van der Waals surface area (Å²) >= 11 is 5.97. The fraction of sp³-hybridized carbons (Fsp3) is 0.278. The second-order valence-electron chi connectivity index (χ2n) is 6.28. The van der Waals surface area contributed by atoms with Crippen molar-refractivity contribution in [3.8, 4) is 11.5 Å². The number of amides is 1. The Bertz CT molecular complexity index is 975. The van der Waals surface area contributed by atoms with Crippen LogP contribution in [-0.2, 0) is 14.8 Å². The van der Waals surface area contributed by atoms with Gasteiger partial charge in [-0.15, -0.1) is 0 Å². The van der Waals surface area contributed by atoms with Crippen LogP contribution in [0.2, 0.25) is 5.02 Å². The van der Waals surface area contributed by atoms with E-state index in [2.05, 4.69) is 4.72 Å². The Kier molecular flexibility index (Phi) is 4.28. The maximum Gasteiger partial charge on any atom is 0.264 e. The summed E-state index contributed by atoms with van der Waals surface area (Å²) in [5.41, 5.74) is 0.939. The van der Waals surface area contributed by atoms with Gasteiger partial charge in [0, 0.05) is 17.0 Å². The van der Waals surface area contributed by atoms with Crippen LogP contribution in [0, 0.1) is 5.92 Å². The van der Waals surface area contributed by atoms with Crippen LogP contribution in [0.5, 0.6) is 11.5 Å². The van der Waals surface area contributed by atoms with Crippen LogP contribution in [-0.4, -0.2) is 27.5 Å². The molecule has 2 atom stereocenters. The smallest absolute Gasteiger partial charge is 0.264 e. The van der Waals surface area contributed by atoms with Gasteiger partial charge in [-0.3, -0.25) is 4.79 Å². The number of ether oxygens (including phenoxy) is 2. The molecule has 0 unspecified atom stereocenters. The fourth-order valence-corrected chi connectivity index (χ4v) is 4.29. The Morgan fingerprint density at radius 1 is 1.08 bits per heavy atom. The lowest BCUT2D eigenvalue weighted by Crippen LogP contribution is -2.32. The molecule has 1 fully saturated rings. The highest BCUT2D eigenvalue weighted by Crippen LogP contribution is 2.48. The number of benzene rings is 2. The van der Waals surface area contributed by atoms with Gasteiger partial charge in [-0.25, -0.2) is 13.1 Å². The highest BCUT2D eigenvalue weighted by molar-refractivity contribution is 7.90. The van der Waals surface area contributed by atoms with Crippen LogP contribution in [0.4, 0.5) is 0 Å². The molecule has 4 rings (SSSR count). The summed E-state index contributed by atoms with van der Waals surface area (Å²) in [4.78, 5) is 12.3. The molecule has 0 bridgehead atoms. The number of rotatable bonds is 4. The molecule has 1 heterocycles. The Balaban J connectivity index is 1.47. The van der Waals surface area contributed by atoms with Crippen molar-refractivity contribution in [2.45, 2.75) is 17.2 Å². The van der Waals surface area contributed by atoms with Crippen molar-refractivity contribution < 1.29 is 22.7 Å². The third kappa shape index (κ3) is 3.37. The summed E-state index contributed by atoms with van der Waals surface area (Å²) in [6.45, 7) is 0.772. The van der Waals surface area contributed by atoms with Gasteiger partial charge in [0.1, 0.15) is 13.2 Å². The van der Waals surface area contributed by atoms with Gasteiger partial charge in [0.05, 0.1) is 4.90 Å². The van der Waals surface area contributed by atoms with Gasteiger partial charge >= 0.3 is 0 Å². The molecule has 1 saturated carbocycles. The van der Waals surface area contributed by atoms with Crippen LogP contribution in [0.3, 0.4) is 0 Å². The third-order valence-corrected chi connectivity index (χ3v) is 6.04. The van der Waals surface area contributed by atoms with Crippen LogP contribution in [0.25, 0.3) is 0 Å². The zero-order valence-corrected chi connectivity index (χ0v) is 15.2. The standard InChI is InChI=1S/C18H16ClNO5S/c19-12-3-1-2-11(8-12)14-10-15(14)18(21)20-26(22,23)13-4-5-16-17(9-13)25-7-6-24-16/h1-5,8-9,14-15H,6-7,10H2,(H,20,21)/t14-,15-/m0/s1. The first-order valence-electron chi connectivity index (χ1n) is 8.16. The van der Waals surface area contributed by atoms with Gasteiger partial charge in [-0.05, 0) is 42.2 Å². The zero-order chi connectivity index (χ0) is 18.3.